The number of carbonyl (C=O) groups excluding carboxylic acids is 2. The van der Waals surface area contributed by atoms with Crippen molar-refractivity contribution in [1.82, 2.24) is 41.4 Å². The molecule has 0 aliphatic heterocycles. The predicted octanol–water partition coefficient (Wildman–Crippen LogP) is 0.725. The van der Waals surface area contributed by atoms with Crippen molar-refractivity contribution in [2.45, 2.75) is 77.5 Å². The Morgan fingerprint density at radius 3 is 2.38 bits per heavy atom. The van der Waals surface area contributed by atoms with E-state index in [1.807, 2.05) is 0 Å². The van der Waals surface area contributed by atoms with Crippen molar-refractivity contribution >= 4 is 52.0 Å². The number of nitrogen functional groups attached to an aromatic ring is 1. The van der Waals surface area contributed by atoms with Gasteiger partial charge in [-0.1, -0.05) is 10.3 Å². The molecule has 0 spiro atoms. The van der Waals surface area contributed by atoms with Crippen LogP contribution in [0.4, 0.5) is 11.6 Å². The molecule has 0 fully saturated rings. The SMILES string of the molecule is CC(=NO)C(C)(C)NOCCNC(C)(C)C(CCNC(=O)C(CCC(=O)O)NC(=O)c1ccc(NCc2cnc3nc(N)[nH]c(=O)c3n2)cc1)=NO. The highest BCUT2D eigenvalue weighted by Crippen LogP contribution is 2.13. The number of hydroxylamine groups is 1. The van der Waals surface area contributed by atoms with Gasteiger partial charge in [0.15, 0.2) is 11.2 Å². The number of fused-ring (bicyclic) bond motifs is 1. The largest absolute Gasteiger partial charge is 0.481 e. The number of benzene rings is 1. The Bertz CT molecular complexity index is 1830. The second-order valence-corrected chi connectivity index (χ2v) is 12.8. The van der Waals surface area contributed by atoms with E-state index in [4.69, 9.17) is 15.8 Å². The molecule has 282 valence electrons. The van der Waals surface area contributed by atoms with Crippen LogP contribution in [0.15, 0.2) is 45.6 Å². The van der Waals surface area contributed by atoms with Crippen LogP contribution < -0.4 is 38.0 Å². The summed E-state index contributed by atoms with van der Waals surface area (Å²) < 4.78 is 0. The zero-order chi connectivity index (χ0) is 38.5. The first-order valence-electron chi connectivity index (χ1n) is 16.3. The lowest BCUT2D eigenvalue weighted by atomic mass is 9.95. The van der Waals surface area contributed by atoms with Gasteiger partial charge in [-0.05, 0) is 65.3 Å². The topological polar surface area (TPSA) is 304 Å². The molecule has 11 N–H and O–H groups in total. The molecule has 0 aliphatic rings. The van der Waals surface area contributed by atoms with E-state index in [0.29, 0.717) is 29.3 Å². The summed E-state index contributed by atoms with van der Waals surface area (Å²) >= 11 is 0. The number of carbonyl (C=O) groups is 3. The molecule has 20 nitrogen and oxygen atoms in total. The summed E-state index contributed by atoms with van der Waals surface area (Å²) in [6.07, 6.45) is 1.07. The van der Waals surface area contributed by atoms with Crippen molar-refractivity contribution in [3.05, 3.63) is 52.1 Å². The molecule has 0 saturated heterocycles. The molecule has 52 heavy (non-hydrogen) atoms. The van der Waals surface area contributed by atoms with Crippen LogP contribution in [-0.4, -0.2) is 101 Å². The second kappa shape index (κ2) is 18.5. The van der Waals surface area contributed by atoms with E-state index >= 15 is 0 Å². The lowest BCUT2D eigenvalue weighted by Crippen LogP contribution is -2.51. The number of nitrogens with two attached hydrogens (primary N) is 1. The zero-order valence-electron chi connectivity index (χ0n) is 29.6. The smallest absolute Gasteiger partial charge is 0.303 e. The van der Waals surface area contributed by atoms with Crippen LogP contribution in [0, 0.1) is 0 Å². The fourth-order valence-corrected chi connectivity index (χ4v) is 4.63. The van der Waals surface area contributed by atoms with Crippen LogP contribution in [0.5, 0.6) is 0 Å². The summed E-state index contributed by atoms with van der Waals surface area (Å²) in [4.78, 5) is 69.7. The number of carboxylic acid groups (broad SMARTS) is 1. The number of aliphatic carboxylic acids is 1. The number of oxime groups is 2. The molecule has 1 atom stereocenters. The van der Waals surface area contributed by atoms with Gasteiger partial charge in [0.2, 0.25) is 11.9 Å². The predicted molar refractivity (Wildman–Crippen MR) is 191 cm³/mol. The van der Waals surface area contributed by atoms with E-state index in [1.165, 1.54) is 18.3 Å². The molecule has 1 unspecified atom stereocenters. The Morgan fingerprint density at radius 2 is 1.73 bits per heavy atom. The summed E-state index contributed by atoms with van der Waals surface area (Å²) in [5.41, 5.74) is 8.57. The fourth-order valence-electron chi connectivity index (χ4n) is 4.63. The van der Waals surface area contributed by atoms with Gasteiger partial charge in [-0.15, -0.1) is 0 Å². The van der Waals surface area contributed by atoms with Crippen molar-refractivity contribution in [2.75, 3.05) is 30.7 Å². The number of H-pyrrole nitrogens is 1. The summed E-state index contributed by atoms with van der Waals surface area (Å²) in [6, 6.07) is 5.16. The summed E-state index contributed by atoms with van der Waals surface area (Å²) in [5, 5.41) is 46.1. The van der Waals surface area contributed by atoms with Gasteiger partial charge in [-0.2, -0.15) is 10.5 Å². The quantitative estimate of drug-likeness (QED) is 0.0332. The number of hydrogen-bond acceptors (Lipinski definition) is 16. The third-order valence-electron chi connectivity index (χ3n) is 8.03. The van der Waals surface area contributed by atoms with E-state index in [0.717, 1.165) is 0 Å². The highest BCUT2D eigenvalue weighted by Gasteiger charge is 2.27. The van der Waals surface area contributed by atoms with Crippen molar-refractivity contribution < 1.29 is 34.7 Å². The summed E-state index contributed by atoms with van der Waals surface area (Å²) in [5.74, 6) is -2.39. The normalized spacial score (nSPS) is 13.1. The number of nitrogens with zero attached hydrogens (tertiary/aromatic N) is 5. The molecule has 0 bridgehead atoms. The average molecular weight is 727 g/mol. The van der Waals surface area contributed by atoms with Crippen molar-refractivity contribution in [3.8, 4) is 0 Å². The standard InChI is InChI=1S/C32H46N12O8/c1-18(42-50)31(2,3)44-52-15-14-37-32(4,5)23(43-51)12-13-34-28(48)22(10-11-24(45)46)39-27(47)19-6-8-20(9-7-19)35-16-21-17-36-26-25(38-21)29(49)41-30(33)40-26/h6-9,17,22,35,37,44,50-51H,10-16H2,1-5H3,(H,34,48)(H,39,47)(H,45,46)(H3,33,36,40,41,49). The molecule has 2 heterocycles. The Kier molecular flexibility index (Phi) is 14.5. The minimum absolute atomic E-state index is 0.0374. The molecule has 3 aromatic rings. The van der Waals surface area contributed by atoms with E-state index in [1.54, 1.807) is 46.8 Å². The maximum absolute atomic E-state index is 13.1. The highest BCUT2D eigenvalue weighted by molar-refractivity contribution is 5.98. The molecule has 2 amide bonds. The van der Waals surface area contributed by atoms with Crippen molar-refractivity contribution in [3.63, 3.8) is 0 Å². The average Bonchev–Trinajstić information content (AvgIpc) is 3.10. The van der Waals surface area contributed by atoms with Gasteiger partial charge in [-0.3, -0.25) is 29.0 Å². The number of hydrogen-bond donors (Lipinski definition) is 10. The van der Waals surface area contributed by atoms with Crippen LogP contribution in [0.1, 0.15) is 69.9 Å². The molecule has 0 radical (unpaired) electrons. The van der Waals surface area contributed by atoms with Crippen LogP contribution in [0.3, 0.4) is 0 Å². The molecule has 20 heteroatoms. The van der Waals surface area contributed by atoms with Crippen molar-refractivity contribution in [2.24, 2.45) is 10.3 Å². The zero-order valence-corrected chi connectivity index (χ0v) is 29.6. The van der Waals surface area contributed by atoms with Crippen LogP contribution in [0.25, 0.3) is 11.2 Å². The highest BCUT2D eigenvalue weighted by atomic mass is 16.6. The number of aromatic amines is 1. The van der Waals surface area contributed by atoms with Gasteiger partial charge in [0.05, 0.1) is 47.5 Å². The number of anilines is 2. The lowest BCUT2D eigenvalue weighted by Gasteiger charge is -2.28. The van der Waals surface area contributed by atoms with Gasteiger partial charge in [-0.25, -0.2) is 9.97 Å². The Labute approximate surface area is 298 Å². The van der Waals surface area contributed by atoms with Crippen molar-refractivity contribution in [1.29, 1.82) is 0 Å². The number of aromatic nitrogens is 4. The maximum atomic E-state index is 13.1. The molecule has 1 aromatic carbocycles. The molecular formula is C32H46N12O8. The fraction of sp³-hybridized carbons (Fsp3) is 0.469. The van der Waals surface area contributed by atoms with Gasteiger partial charge in [0.25, 0.3) is 11.5 Å². The molecule has 0 aliphatic carbocycles. The second-order valence-electron chi connectivity index (χ2n) is 12.8. The third kappa shape index (κ3) is 12.0. The molecular weight excluding hydrogens is 680 g/mol. The first-order valence-corrected chi connectivity index (χ1v) is 16.3. The minimum atomic E-state index is -1.16. The van der Waals surface area contributed by atoms with Gasteiger partial charge >= 0.3 is 5.97 Å². The molecule has 2 aromatic heterocycles. The number of rotatable bonds is 20. The first-order chi connectivity index (χ1) is 24.6. The minimum Gasteiger partial charge on any atom is -0.481 e. The van der Waals surface area contributed by atoms with Gasteiger partial charge in [0, 0.05) is 37.2 Å². The monoisotopic (exact) mass is 726 g/mol. The van der Waals surface area contributed by atoms with Gasteiger partial charge in [0.1, 0.15) is 6.04 Å². The molecule has 0 saturated carbocycles. The van der Waals surface area contributed by atoms with E-state index in [-0.39, 0.29) is 61.6 Å². The van der Waals surface area contributed by atoms with E-state index in [2.05, 4.69) is 57.0 Å². The van der Waals surface area contributed by atoms with Crippen LogP contribution >= 0.6 is 0 Å². The van der Waals surface area contributed by atoms with Crippen LogP contribution in [0.2, 0.25) is 0 Å². The lowest BCUT2D eigenvalue weighted by molar-refractivity contribution is -0.137. The number of carboxylic acids is 1. The number of nitrogens with one attached hydrogen (secondary N) is 6. The third-order valence-corrected chi connectivity index (χ3v) is 8.03. The number of amides is 2. The van der Waals surface area contributed by atoms with Crippen LogP contribution in [-0.2, 0) is 21.0 Å². The summed E-state index contributed by atoms with van der Waals surface area (Å²) in [7, 11) is 0. The Morgan fingerprint density at radius 1 is 1.02 bits per heavy atom. The van der Waals surface area contributed by atoms with Gasteiger partial charge < -0.3 is 42.5 Å². The Balaban J connectivity index is 1.52. The first kappa shape index (κ1) is 40.7. The molecule has 3 rings (SSSR count). The van der Waals surface area contributed by atoms with E-state index < -0.39 is 40.5 Å². The van der Waals surface area contributed by atoms with E-state index in [9.17, 15) is 29.5 Å². The maximum Gasteiger partial charge on any atom is 0.303 e. The summed E-state index contributed by atoms with van der Waals surface area (Å²) in [6.45, 7) is 9.61. The Hall–Kier alpha value is -5.73.